The van der Waals surface area contributed by atoms with Crippen LogP contribution in [0.4, 0.5) is 5.69 Å². The van der Waals surface area contributed by atoms with Crippen molar-refractivity contribution >= 4 is 23.2 Å². The van der Waals surface area contributed by atoms with Gasteiger partial charge in [0, 0.05) is 18.4 Å². The van der Waals surface area contributed by atoms with Crippen LogP contribution >= 0.6 is 11.6 Å². The quantitative estimate of drug-likeness (QED) is 0.934. The lowest BCUT2D eigenvalue weighted by atomic mass is 10.1. The summed E-state index contributed by atoms with van der Waals surface area (Å²) < 4.78 is 1.64. The van der Waals surface area contributed by atoms with Gasteiger partial charge in [-0.25, -0.2) is 0 Å². The van der Waals surface area contributed by atoms with Crippen LogP contribution in [0.3, 0.4) is 0 Å². The normalized spacial score (nSPS) is 10.5. The number of nitrogens with one attached hydrogen (secondary N) is 1. The molecule has 0 aliphatic carbocycles. The number of aromatic nitrogens is 2. The van der Waals surface area contributed by atoms with Crippen molar-refractivity contribution in [1.29, 1.82) is 0 Å². The molecule has 0 bridgehead atoms. The van der Waals surface area contributed by atoms with Crippen LogP contribution in [-0.4, -0.2) is 15.7 Å². The second-order valence-corrected chi connectivity index (χ2v) is 4.81. The summed E-state index contributed by atoms with van der Waals surface area (Å²) in [6.07, 6.45) is 1.65. The van der Waals surface area contributed by atoms with Crippen LogP contribution in [0, 0.1) is 13.8 Å². The van der Waals surface area contributed by atoms with Gasteiger partial charge in [-0.3, -0.25) is 9.48 Å². The Morgan fingerprint density at radius 1 is 1.37 bits per heavy atom. The molecule has 1 aromatic heterocycles. The Bertz CT molecular complexity index is 599. The molecule has 0 atom stereocenters. The van der Waals surface area contributed by atoms with E-state index in [9.17, 15) is 4.79 Å². The number of rotatable bonds is 3. The minimum Gasteiger partial charge on any atom is -0.320 e. The number of halogens is 1. The molecule has 0 saturated heterocycles. The van der Waals surface area contributed by atoms with Gasteiger partial charge in [0.15, 0.2) is 5.69 Å². The van der Waals surface area contributed by atoms with Gasteiger partial charge in [0.1, 0.15) is 0 Å². The summed E-state index contributed by atoms with van der Waals surface area (Å²) in [5.74, 6) is -0.283. The van der Waals surface area contributed by atoms with E-state index in [-0.39, 0.29) is 11.6 Å². The average Bonchev–Trinajstić information content (AvgIpc) is 2.75. The first-order chi connectivity index (χ1) is 9.02. The Hall–Kier alpha value is -1.81. The molecule has 0 saturated carbocycles. The number of carbonyl (C=O) groups is 1. The maximum Gasteiger partial charge on any atom is 0.277 e. The Kier molecular flexibility index (Phi) is 3.90. The monoisotopic (exact) mass is 277 g/mol. The largest absolute Gasteiger partial charge is 0.320 e. The molecule has 0 fully saturated rings. The summed E-state index contributed by atoms with van der Waals surface area (Å²) in [5.41, 5.74) is 3.10. The molecule has 100 valence electrons. The molecule has 4 nitrogen and oxygen atoms in total. The van der Waals surface area contributed by atoms with E-state index < -0.39 is 0 Å². The van der Waals surface area contributed by atoms with Crippen LogP contribution in [0.2, 0.25) is 5.02 Å². The predicted molar refractivity (Wildman–Crippen MR) is 76.8 cm³/mol. The van der Waals surface area contributed by atoms with Gasteiger partial charge in [0.05, 0.1) is 5.02 Å². The highest BCUT2D eigenvalue weighted by Gasteiger charge is 2.16. The number of hydrogen-bond acceptors (Lipinski definition) is 2. The predicted octanol–water partition coefficient (Wildman–Crippen LogP) is 3.43. The summed E-state index contributed by atoms with van der Waals surface area (Å²) in [6, 6.07) is 5.86. The maximum absolute atomic E-state index is 12.2. The zero-order chi connectivity index (χ0) is 14.0. The minimum absolute atomic E-state index is 0.256. The van der Waals surface area contributed by atoms with Crippen molar-refractivity contribution in [2.24, 2.45) is 0 Å². The highest BCUT2D eigenvalue weighted by atomic mass is 35.5. The summed E-state index contributed by atoms with van der Waals surface area (Å²) in [4.78, 5) is 12.2. The van der Waals surface area contributed by atoms with E-state index in [4.69, 9.17) is 11.6 Å². The highest BCUT2D eigenvalue weighted by Crippen LogP contribution is 2.21. The van der Waals surface area contributed by atoms with E-state index in [1.165, 1.54) is 0 Å². The van der Waals surface area contributed by atoms with E-state index >= 15 is 0 Å². The van der Waals surface area contributed by atoms with E-state index in [1.807, 2.05) is 39.0 Å². The lowest BCUT2D eigenvalue weighted by Crippen LogP contribution is -2.15. The molecule has 2 rings (SSSR count). The third-order valence-corrected chi connectivity index (χ3v) is 3.25. The van der Waals surface area contributed by atoms with Gasteiger partial charge >= 0.3 is 0 Å². The SMILES string of the molecule is CCn1cc(Cl)c(C(=O)Nc2c(C)cccc2C)n1. The van der Waals surface area contributed by atoms with Crippen LogP contribution in [-0.2, 0) is 6.54 Å². The number of para-hydroxylation sites is 1. The minimum atomic E-state index is -0.283. The molecule has 5 heteroatoms. The molecule has 0 aliphatic heterocycles. The number of nitrogens with zero attached hydrogens (tertiary/aromatic N) is 2. The molecule has 2 aromatic rings. The summed E-state index contributed by atoms with van der Waals surface area (Å²) in [7, 11) is 0. The van der Waals surface area contributed by atoms with E-state index in [1.54, 1.807) is 10.9 Å². The van der Waals surface area contributed by atoms with Crippen LogP contribution in [0.15, 0.2) is 24.4 Å². The molecule has 0 unspecified atom stereocenters. The Morgan fingerprint density at radius 3 is 2.53 bits per heavy atom. The van der Waals surface area contributed by atoms with Crippen molar-refractivity contribution in [1.82, 2.24) is 9.78 Å². The third-order valence-electron chi connectivity index (χ3n) is 2.98. The number of aryl methyl sites for hydroxylation is 3. The molecular weight excluding hydrogens is 262 g/mol. The lowest BCUT2D eigenvalue weighted by molar-refractivity contribution is 0.102. The molecule has 0 aliphatic rings. The molecule has 19 heavy (non-hydrogen) atoms. The Balaban J connectivity index is 2.28. The standard InChI is InChI=1S/C14H16ClN3O/c1-4-18-8-11(15)13(17-18)14(19)16-12-9(2)6-5-7-10(12)3/h5-8H,4H2,1-3H3,(H,16,19). The number of hydrogen-bond donors (Lipinski definition) is 1. The summed E-state index contributed by atoms with van der Waals surface area (Å²) in [6.45, 7) is 6.52. The topological polar surface area (TPSA) is 46.9 Å². The number of anilines is 1. The van der Waals surface area contributed by atoms with Crippen molar-refractivity contribution < 1.29 is 4.79 Å². The van der Waals surface area contributed by atoms with E-state index in [2.05, 4.69) is 10.4 Å². The molecule has 1 heterocycles. The first-order valence-electron chi connectivity index (χ1n) is 6.13. The van der Waals surface area contributed by atoms with Crippen molar-refractivity contribution in [3.05, 3.63) is 46.2 Å². The fraction of sp³-hybridized carbons (Fsp3) is 0.286. The van der Waals surface area contributed by atoms with Crippen molar-refractivity contribution in [3.63, 3.8) is 0 Å². The molecule has 0 spiro atoms. The van der Waals surface area contributed by atoms with Gasteiger partial charge in [0.25, 0.3) is 5.91 Å². The third kappa shape index (κ3) is 2.79. The van der Waals surface area contributed by atoms with E-state index in [0.29, 0.717) is 11.6 Å². The van der Waals surface area contributed by atoms with Crippen LogP contribution in [0.25, 0.3) is 0 Å². The molecular formula is C14H16ClN3O. The first-order valence-corrected chi connectivity index (χ1v) is 6.51. The fourth-order valence-corrected chi connectivity index (χ4v) is 2.13. The van der Waals surface area contributed by atoms with Crippen LogP contribution < -0.4 is 5.32 Å². The average molecular weight is 278 g/mol. The van der Waals surface area contributed by atoms with Crippen LogP contribution in [0.1, 0.15) is 28.5 Å². The Morgan fingerprint density at radius 2 is 2.00 bits per heavy atom. The fourth-order valence-electron chi connectivity index (χ4n) is 1.90. The smallest absolute Gasteiger partial charge is 0.277 e. The summed E-state index contributed by atoms with van der Waals surface area (Å²) in [5, 5.41) is 7.40. The van der Waals surface area contributed by atoms with Gasteiger partial charge in [-0.15, -0.1) is 0 Å². The van der Waals surface area contributed by atoms with Crippen molar-refractivity contribution in [2.75, 3.05) is 5.32 Å². The second kappa shape index (κ2) is 5.45. The second-order valence-electron chi connectivity index (χ2n) is 4.40. The first kappa shape index (κ1) is 13.6. The highest BCUT2D eigenvalue weighted by molar-refractivity contribution is 6.34. The van der Waals surface area contributed by atoms with E-state index in [0.717, 1.165) is 16.8 Å². The molecule has 1 N–H and O–H groups in total. The zero-order valence-electron chi connectivity index (χ0n) is 11.2. The number of carbonyl (C=O) groups excluding carboxylic acids is 1. The molecule has 1 amide bonds. The molecule has 1 aromatic carbocycles. The van der Waals surface area contributed by atoms with Gasteiger partial charge in [-0.1, -0.05) is 29.8 Å². The lowest BCUT2D eigenvalue weighted by Gasteiger charge is -2.10. The maximum atomic E-state index is 12.2. The number of amides is 1. The van der Waals surface area contributed by atoms with Crippen molar-refractivity contribution in [2.45, 2.75) is 27.3 Å². The number of benzene rings is 1. The van der Waals surface area contributed by atoms with Gasteiger partial charge < -0.3 is 5.32 Å². The Labute approximate surface area is 117 Å². The van der Waals surface area contributed by atoms with Gasteiger partial charge in [0.2, 0.25) is 0 Å². The zero-order valence-corrected chi connectivity index (χ0v) is 12.0. The van der Waals surface area contributed by atoms with Crippen molar-refractivity contribution in [3.8, 4) is 0 Å². The summed E-state index contributed by atoms with van der Waals surface area (Å²) >= 11 is 6.02. The molecule has 0 radical (unpaired) electrons. The van der Waals surface area contributed by atoms with Gasteiger partial charge in [-0.2, -0.15) is 5.10 Å². The van der Waals surface area contributed by atoms with Gasteiger partial charge in [-0.05, 0) is 31.9 Å². The van der Waals surface area contributed by atoms with Crippen LogP contribution in [0.5, 0.6) is 0 Å².